The number of piperidine rings is 1. The molecule has 0 aliphatic carbocycles. The third kappa shape index (κ3) is 4.53. The number of aromatic nitrogens is 2. The minimum Gasteiger partial charge on any atom is -0.497 e. The maximum atomic E-state index is 13.2. The molecule has 8 nitrogen and oxygen atoms in total. The van der Waals surface area contributed by atoms with E-state index < -0.39 is 5.91 Å². The first kappa shape index (κ1) is 21.5. The minimum absolute atomic E-state index is 0.0272. The maximum absolute atomic E-state index is 13.2. The van der Waals surface area contributed by atoms with Crippen LogP contribution in [0.5, 0.6) is 11.5 Å². The van der Waals surface area contributed by atoms with Gasteiger partial charge >= 0.3 is 0 Å². The highest BCUT2D eigenvalue weighted by Crippen LogP contribution is 2.30. The number of likely N-dealkylation sites (tertiary alicyclic amines) is 1. The van der Waals surface area contributed by atoms with Crippen molar-refractivity contribution in [1.82, 2.24) is 14.9 Å². The van der Waals surface area contributed by atoms with Crippen molar-refractivity contribution in [3.8, 4) is 11.5 Å². The number of ether oxygens (including phenoxy) is 2. The molecule has 3 rings (SSSR count). The fourth-order valence-electron chi connectivity index (χ4n) is 3.90. The molecule has 160 valence electrons. The number of hydrogen-bond acceptors (Lipinski definition) is 6. The zero-order chi connectivity index (χ0) is 21.8. The van der Waals surface area contributed by atoms with Crippen molar-refractivity contribution in [3.63, 3.8) is 0 Å². The third-order valence-electron chi connectivity index (χ3n) is 5.50. The van der Waals surface area contributed by atoms with Crippen LogP contribution in [0.15, 0.2) is 18.2 Å². The Morgan fingerprint density at radius 1 is 1.17 bits per heavy atom. The van der Waals surface area contributed by atoms with E-state index in [1.54, 1.807) is 32.4 Å². The van der Waals surface area contributed by atoms with Crippen LogP contribution in [-0.4, -0.2) is 54.0 Å². The second-order valence-corrected chi connectivity index (χ2v) is 7.53. The lowest BCUT2D eigenvalue weighted by atomic mass is 9.95. The predicted molar refractivity (Wildman–Crippen MR) is 112 cm³/mol. The Labute approximate surface area is 176 Å². The number of nitrogens with two attached hydrogens (primary N) is 1. The fourth-order valence-corrected chi connectivity index (χ4v) is 3.90. The highest BCUT2D eigenvalue weighted by atomic mass is 16.5. The first-order valence-corrected chi connectivity index (χ1v) is 9.97. The summed E-state index contributed by atoms with van der Waals surface area (Å²) in [5.41, 5.74) is 8.10. The average Bonchev–Trinajstić information content (AvgIpc) is 2.75. The number of methoxy groups -OCH3 is 2. The second kappa shape index (κ2) is 9.11. The number of primary amides is 1. The van der Waals surface area contributed by atoms with E-state index in [4.69, 9.17) is 15.2 Å². The second-order valence-electron chi connectivity index (χ2n) is 7.53. The minimum atomic E-state index is -0.403. The van der Waals surface area contributed by atoms with Gasteiger partial charge in [0.05, 0.1) is 26.2 Å². The number of nitrogens with zero attached hydrogens (tertiary/aromatic N) is 3. The van der Waals surface area contributed by atoms with Gasteiger partial charge in [0.2, 0.25) is 5.91 Å². The van der Waals surface area contributed by atoms with Crippen LogP contribution in [0.3, 0.4) is 0 Å². The summed E-state index contributed by atoms with van der Waals surface area (Å²) >= 11 is 0. The summed E-state index contributed by atoms with van der Waals surface area (Å²) in [6.07, 6.45) is 1.88. The molecule has 1 atom stereocenters. The van der Waals surface area contributed by atoms with Gasteiger partial charge in [0.15, 0.2) is 0 Å². The van der Waals surface area contributed by atoms with Crippen LogP contribution >= 0.6 is 0 Å². The van der Waals surface area contributed by atoms with Gasteiger partial charge < -0.3 is 20.1 Å². The number of rotatable bonds is 6. The Hall–Kier alpha value is -3.16. The van der Waals surface area contributed by atoms with Crippen molar-refractivity contribution in [2.45, 2.75) is 39.0 Å². The Balaban J connectivity index is 1.84. The van der Waals surface area contributed by atoms with E-state index in [2.05, 4.69) is 9.97 Å². The van der Waals surface area contributed by atoms with E-state index in [0.717, 1.165) is 29.8 Å². The lowest BCUT2D eigenvalue weighted by Gasteiger charge is -2.32. The molecule has 0 bridgehead atoms. The Bertz CT molecular complexity index is 937. The molecule has 1 aromatic heterocycles. The molecular formula is C22H28N4O4. The molecule has 0 saturated carbocycles. The number of carbonyl (C=O) groups excluding carboxylic acids is 2. The fraction of sp³-hybridized carbons (Fsp3) is 0.455. The third-order valence-corrected chi connectivity index (χ3v) is 5.50. The predicted octanol–water partition coefficient (Wildman–Crippen LogP) is 2.16. The molecule has 2 amide bonds. The topological polar surface area (TPSA) is 108 Å². The molecule has 2 aromatic rings. The average molecular weight is 412 g/mol. The largest absolute Gasteiger partial charge is 0.497 e. The zero-order valence-electron chi connectivity index (χ0n) is 17.9. The molecule has 1 aliphatic heterocycles. The summed E-state index contributed by atoms with van der Waals surface area (Å²) in [5.74, 6) is 1.34. The van der Waals surface area contributed by atoms with Crippen molar-refractivity contribution in [1.29, 1.82) is 0 Å². The van der Waals surface area contributed by atoms with Gasteiger partial charge in [-0.05, 0) is 44.9 Å². The summed E-state index contributed by atoms with van der Waals surface area (Å²) in [6.45, 7) is 4.91. The van der Waals surface area contributed by atoms with Gasteiger partial charge in [-0.25, -0.2) is 9.97 Å². The molecule has 1 aliphatic rings. The van der Waals surface area contributed by atoms with Crippen LogP contribution in [0.1, 0.15) is 51.9 Å². The summed E-state index contributed by atoms with van der Waals surface area (Å²) in [6, 6.07) is 5.21. The van der Waals surface area contributed by atoms with Crippen LogP contribution in [-0.2, 0) is 11.2 Å². The summed E-state index contributed by atoms with van der Waals surface area (Å²) in [5, 5.41) is 0. The molecule has 1 aromatic carbocycles. The van der Waals surface area contributed by atoms with Crippen molar-refractivity contribution >= 4 is 11.8 Å². The van der Waals surface area contributed by atoms with Crippen molar-refractivity contribution in [2.75, 3.05) is 27.3 Å². The molecule has 30 heavy (non-hydrogen) atoms. The number of carbonyl (C=O) groups is 2. The quantitative estimate of drug-likeness (QED) is 0.779. The van der Waals surface area contributed by atoms with Gasteiger partial charge in [-0.15, -0.1) is 0 Å². The van der Waals surface area contributed by atoms with E-state index >= 15 is 0 Å². The van der Waals surface area contributed by atoms with E-state index in [1.807, 2.05) is 18.7 Å². The van der Waals surface area contributed by atoms with E-state index in [9.17, 15) is 9.59 Å². The summed E-state index contributed by atoms with van der Waals surface area (Å²) < 4.78 is 10.6. The first-order valence-electron chi connectivity index (χ1n) is 9.97. The molecule has 1 saturated heterocycles. The van der Waals surface area contributed by atoms with E-state index in [-0.39, 0.29) is 18.2 Å². The van der Waals surface area contributed by atoms with Crippen LogP contribution < -0.4 is 15.2 Å². The van der Waals surface area contributed by atoms with E-state index in [0.29, 0.717) is 36.0 Å². The highest BCUT2D eigenvalue weighted by molar-refractivity contribution is 5.97. The maximum Gasteiger partial charge on any atom is 0.257 e. The van der Waals surface area contributed by atoms with Crippen molar-refractivity contribution in [2.24, 2.45) is 5.73 Å². The number of benzene rings is 1. The normalized spacial score (nSPS) is 16.3. The van der Waals surface area contributed by atoms with Gasteiger partial charge in [-0.3, -0.25) is 9.59 Å². The van der Waals surface area contributed by atoms with Crippen LogP contribution in [0.4, 0.5) is 0 Å². The van der Waals surface area contributed by atoms with Gasteiger partial charge in [-0.2, -0.15) is 0 Å². The Kier molecular flexibility index (Phi) is 6.54. The van der Waals surface area contributed by atoms with Gasteiger partial charge in [0.25, 0.3) is 5.91 Å². The number of amides is 2. The lowest BCUT2D eigenvalue weighted by Crippen LogP contribution is -2.39. The molecular weight excluding hydrogens is 384 g/mol. The SMILES string of the molecule is COc1ccc(OC)c(C(=O)N2CCC[C@H](c3nc(C)c(CC(N)=O)c(C)n3)C2)c1. The molecule has 0 radical (unpaired) electrons. The van der Waals surface area contributed by atoms with Gasteiger partial charge in [0, 0.05) is 36.0 Å². The molecule has 2 N–H and O–H groups in total. The van der Waals surface area contributed by atoms with E-state index in [1.165, 1.54) is 0 Å². The zero-order valence-corrected chi connectivity index (χ0v) is 17.9. The van der Waals surface area contributed by atoms with Crippen LogP contribution in [0.25, 0.3) is 0 Å². The molecule has 1 fully saturated rings. The molecule has 0 unspecified atom stereocenters. The Morgan fingerprint density at radius 3 is 2.47 bits per heavy atom. The standard InChI is InChI=1S/C22H28N4O4/c1-13-17(11-20(23)27)14(2)25-21(24-13)15-6-5-9-26(12-15)22(28)18-10-16(29-3)7-8-19(18)30-4/h7-8,10,15H,5-6,9,11-12H2,1-4H3,(H2,23,27)/t15-/m0/s1. The first-order chi connectivity index (χ1) is 14.3. The summed E-state index contributed by atoms with van der Waals surface area (Å²) in [7, 11) is 3.11. The monoisotopic (exact) mass is 412 g/mol. The molecule has 8 heteroatoms. The smallest absolute Gasteiger partial charge is 0.257 e. The number of hydrogen-bond donors (Lipinski definition) is 1. The van der Waals surface area contributed by atoms with Gasteiger partial charge in [-0.1, -0.05) is 0 Å². The van der Waals surface area contributed by atoms with Crippen molar-refractivity contribution < 1.29 is 19.1 Å². The highest BCUT2D eigenvalue weighted by Gasteiger charge is 2.29. The van der Waals surface area contributed by atoms with Gasteiger partial charge in [0.1, 0.15) is 17.3 Å². The number of aryl methyl sites for hydroxylation is 2. The van der Waals surface area contributed by atoms with Crippen molar-refractivity contribution in [3.05, 3.63) is 46.5 Å². The lowest BCUT2D eigenvalue weighted by molar-refractivity contribution is -0.117. The summed E-state index contributed by atoms with van der Waals surface area (Å²) in [4.78, 5) is 35.6. The molecule has 0 spiro atoms. The molecule has 2 heterocycles. The van der Waals surface area contributed by atoms with Crippen LogP contribution in [0.2, 0.25) is 0 Å². The Morgan fingerprint density at radius 2 is 1.87 bits per heavy atom. The van der Waals surface area contributed by atoms with Crippen LogP contribution in [0, 0.1) is 13.8 Å².